The van der Waals surface area contributed by atoms with Crippen LogP contribution in [-0.2, 0) is 47.4 Å². The van der Waals surface area contributed by atoms with Gasteiger partial charge in [0.25, 0.3) is 0 Å². The maximum absolute atomic E-state index is 16.0. The van der Waals surface area contributed by atoms with Crippen LogP contribution in [0.3, 0.4) is 0 Å². The molecule has 10 heterocycles. The summed E-state index contributed by atoms with van der Waals surface area (Å²) in [5.74, 6) is -74.9. The van der Waals surface area contributed by atoms with E-state index >= 15 is 33.6 Å². The Morgan fingerprint density at radius 2 is 0.406 bits per heavy atom. The molecule has 10 aliphatic heterocycles. The number of hydrogen-bond donors (Lipinski definition) is 30. The van der Waals surface area contributed by atoms with Crippen molar-refractivity contribution in [1.82, 2.24) is 0 Å². The van der Waals surface area contributed by atoms with Crippen LogP contribution in [0.25, 0.3) is 66.8 Å². The molecule has 133 heavy (non-hydrogen) atoms. The number of ether oxygens (including phenoxy) is 11. The third kappa shape index (κ3) is 11.6. The number of rotatable bonds is 2. The van der Waals surface area contributed by atoms with Crippen LogP contribution in [0.15, 0.2) is 36.4 Å². The molecule has 0 aliphatic carbocycles. The van der Waals surface area contributed by atoms with Crippen molar-refractivity contribution < 1.29 is 253 Å². The fourth-order valence-corrected chi connectivity index (χ4v) is 17.0. The first-order chi connectivity index (χ1) is 62.6. The van der Waals surface area contributed by atoms with Crippen LogP contribution in [0.2, 0.25) is 0 Å². The summed E-state index contributed by atoms with van der Waals surface area (Å²) in [6, 6.07) is 0.913. The van der Waals surface area contributed by atoms with E-state index in [9.17, 15) is 168 Å². The van der Waals surface area contributed by atoms with Gasteiger partial charge < -0.3 is 205 Å². The molecule has 20 rings (SSSR count). The van der Waals surface area contributed by atoms with Gasteiger partial charge in [-0.15, -0.1) is 0 Å². The Kier molecular flexibility index (Phi) is 18.4. The fraction of sp³-hybridized carbons (Fsp3) is 0.146. The third-order valence-electron chi connectivity index (χ3n) is 23.1. The van der Waals surface area contributed by atoms with Crippen LogP contribution in [-0.4, -0.2) is 275 Å². The number of aliphatic hydroxyl groups excluding tert-OH is 2. The highest BCUT2D eigenvalue weighted by molar-refractivity contribution is 6.20. The van der Waals surface area contributed by atoms with E-state index in [2.05, 4.69) is 0 Å². The van der Waals surface area contributed by atoms with Gasteiger partial charge in [-0.05, 0) is 24.3 Å². The van der Waals surface area contributed by atoms with Crippen molar-refractivity contribution in [3.8, 4) is 239 Å². The Balaban J connectivity index is 0.846. The molecule has 0 radical (unpaired) electrons. The van der Waals surface area contributed by atoms with E-state index < -0.39 is 440 Å². The minimum atomic E-state index is -3.16. The summed E-state index contributed by atoms with van der Waals surface area (Å²) in [7, 11) is 0. The van der Waals surface area contributed by atoms with E-state index in [4.69, 9.17) is 52.1 Å². The van der Waals surface area contributed by atoms with Crippen molar-refractivity contribution in [2.75, 3.05) is 13.2 Å². The molecule has 51 heteroatoms. The van der Waals surface area contributed by atoms with Crippen LogP contribution in [0.4, 0.5) is 0 Å². The summed E-state index contributed by atoms with van der Waals surface area (Å²) in [5, 5.41) is 351. The first-order valence-electron chi connectivity index (χ1n) is 37.3. The van der Waals surface area contributed by atoms with Crippen molar-refractivity contribution >= 4 is 59.7 Å². The molecule has 10 atom stereocenters. The average Bonchev–Trinajstić information content (AvgIpc) is 1.29. The maximum atomic E-state index is 16.0. The maximum Gasteiger partial charge on any atom is 0.340 e. The minimum Gasteiger partial charge on any atom is -0.504 e. The van der Waals surface area contributed by atoms with Crippen LogP contribution in [0, 0.1) is 0 Å². The van der Waals surface area contributed by atoms with E-state index in [1.54, 1.807) is 0 Å². The number of phenolic OH excluding ortho intramolecular Hbond substituents is 28. The predicted molar refractivity (Wildman–Crippen MR) is 409 cm³/mol. The van der Waals surface area contributed by atoms with E-state index in [1.165, 1.54) is 0 Å². The van der Waals surface area contributed by atoms with E-state index in [1.807, 2.05) is 0 Å². The fourth-order valence-electron chi connectivity index (χ4n) is 17.0. The van der Waals surface area contributed by atoms with Gasteiger partial charge in [-0.1, -0.05) is 0 Å². The second-order valence-electron chi connectivity index (χ2n) is 30.1. The topological polar surface area (TPSA) is 879 Å². The number of esters is 10. The lowest BCUT2D eigenvalue weighted by Crippen LogP contribution is -2.56. The predicted octanol–water partition coefficient (Wildman–Crippen LogP) is 3.33. The van der Waals surface area contributed by atoms with Crippen molar-refractivity contribution in [2.24, 2.45) is 0 Å². The Hall–Kier alpha value is -19.0. The molecule has 12 bridgehead atoms. The van der Waals surface area contributed by atoms with Crippen molar-refractivity contribution in [1.29, 1.82) is 0 Å². The summed E-state index contributed by atoms with van der Waals surface area (Å²) in [4.78, 5) is 154. The first kappa shape index (κ1) is 84.8. The van der Waals surface area contributed by atoms with Gasteiger partial charge in [-0.3, -0.25) is 0 Å². The summed E-state index contributed by atoms with van der Waals surface area (Å²) < 4.78 is 63.0. The van der Waals surface area contributed by atoms with Crippen molar-refractivity contribution in [3.05, 3.63) is 103 Å². The van der Waals surface area contributed by atoms with Gasteiger partial charge in [0.15, 0.2) is 164 Å². The zero-order chi connectivity index (χ0) is 96.2. The first-order valence-corrected chi connectivity index (χ1v) is 37.3. The Bertz CT molecular complexity index is 7240. The number of aliphatic hydroxyl groups is 2. The van der Waals surface area contributed by atoms with Gasteiger partial charge in [0.1, 0.15) is 25.4 Å². The standard InChI is InChI=1S/C82H50O51/c83-15-1-9-23(47(93)41(15)87)24-10(2-16(84)42(88)48(24)94)77(117)129-68-22(7-123-73(9)113)127-76(116)14-6-20(46(92)52(98)28(14)30-36-32(56(102)64(110)54(30)100)34-38-40(60(106)66(112)58(34)104)62(108)70(131-82(38)122)72(68)133-80(36)120)125-19-5-13-26(51(97)45(19)91)25-11(3-17(85)43(89)49(25)95)78(118)128-67-21(8-124-74(13)114)126-75(115)12-4-18(86)44(90)50(96)27(12)29-35-31(55(101)63(109)53(29)99)33-37-39(59(105)65(111)57(33)103)61(107)69(130-81(37)121)71(67)132-79(35)119/h1-6,21-22,61-62,67-72,83-112H,7-8H2/t21-,22+,61+,62+,67+,68+,69-,70-,71+,72+/m0/s1. The third-order valence-corrected chi connectivity index (χ3v) is 23.1. The number of cyclic esters (lactones) is 2. The Labute approximate surface area is 727 Å². The highest BCUT2D eigenvalue weighted by atomic mass is 16.7. The molecule has 0 aromatic heterocycles. The van der Waals surface area contributed by atoms with E-state index in [-0.39, 0.29) is 36.4 Å². The molecule has 0 fully saturated rings. The van der Waals surface area contributed by atoms with Crippen LogP contribution >= 0.6 is 0 Å². The zero-order valence-corrected chi connectivity index (χ0v) is 64.6. The monoisotopic (exact) mass is 1850 g/mol. The molecule has 51 nitrogen and oxygen atoms in total. The molecule has 0 saturated heterocycles. The minimum absolute atomic E-state index is 0.0614. The van der Waals surface area contributed by atoms with Crippen molar-refractivity contribution in [2.45, 2.75) is 61.0 Å². The van der Waals surface area contributed by atoms with Gasteiger partial charge in [0, 0.05) is 90.0 Å². The number of phenols is 28. The van der Waals surface area contributed by atoms with Crippen LogP contribution < -0.4 is 4.74 Å². The number of hydrogen-bond acceptors (Lipinski definition) is 51. The molecule has 0 saturated carbocycles. The second-order valence-corrected chi connectivity index (χ2v) is 30.1. The molecule has 684 valence electrons. The molecule has 10 aromatic rings. The molecule has 30 N–H and O–H groups in total. The van der Waals surface area contributed by atoms with Gasteiger partial charge in [-0.25, -0.2) is 47.9 Å². The second kappa shape index (κ2) is 28.8. The Morgan fingerprint density at radius 1 is 0.195 bits per heavy atom. The average molecular weight is 1850 g/mol. The summed E-state index contributed by atoms with van der Waals surface area (Å²) in [6.45, 7) is -3.77. The number of carbonyl (C=O) groups is 10. The molecular formula is C82H50O51. The number of carbonyl (C=O) groups excluding carboxylic acids is 10. The lowest BCUT2D eigenvalue weighted by Gasteiger charge is -2.40. The molecule has 10 aliphatic rings. The number of benzene rings is 10. The largest absolute Gasteiger partial charge is 0.504 e. The van der Waals surface area contributed by atoms with Crippen molar-refractivity contribution in [3.63, 3.8) is 0 Å². The quantitative estimate of drug-likeness (QED) is 0.0670. The van der Waals surface area contributed by atoms with Gasteiger partial charge >= 0.3 is 59.7 Å². The molecule has 0 unspecified atom stereocenters. The highest BCUT2D eigenvalue weighted by Gasteiger charge is 2.59. The van der Waals surface area contributed by atoms with Crippen LogP contribution in [0.5, 0.6) is 172 Å². The molecule has 0 spiro atoms. The molecule has 0 amide bonds. The highest BCUT2D eigenvalue weighted by Crippen LogP contribution is 2.67. The molecular weight excluding hydrogens is 1800 g/mol. The summed E-state index contributed by atoms with van der Waals surface area (Å²) >= 11 is 0. The Morgan fingerprint density at radius 3 is 0.714 bits per heavy atom. The summed E-state index contributed by atoms with van der Waals surface area (Å²) in [6.07, 6.45) is -30.3. The smallest absolute Gasteiger partial charge is 0.340 e. The summed E-state index contributed by atoms with van der Waals surface area (Å²) in [5.41, 5.74) is -36.5. The van der Waals surface area contributed by atoms with Gasteiger partial charge in [0.05, 0.1) is 55.6 Å². The van der Waals surface area contributed by atoms with Crippen LogP contribution in [0.1, 0.15) is 127 Å². The zero-order valence-electron chi connectivity index (χ0n) is 64.6. The number of fused-ring (bicyclic) bond motifs is 14. The normalized spacial score (nSPS) is 20.7. The SMILES string of the molecule is O=C1OC[C@H]2OC(=O)c3cc(Oc4cc5c(c(O)c4O)-c4c(cc(O)c(O)c4O)C(=O)O[C@H]4[C@H]6OC(=O)c7c(c(O)c(O)c(O)c7-c7c(O)c(O)c(O)c8c7C(=O)O[C@H]6[C@@H]8O)-c6c(cc(O)c(O)c6O)C(=O)O[C@H]4COC5=O)c(O)c(O)c3-c3c(O)c(O)c(O)c4c3C(=O)O[C@@H]([C@H]3OC(=O)c5c-4c(O)c(O)c(O)c5[C@H]3O)[C@@H]2OC(=O)c2cc(O)c(O)c(O)c2-c2c1cc(O)c(O)c2O. The lowest BCUT2D eigenvalue weighted by molar-refractivity contribution is -0.154. The van der Waals surface area contributed by atoms with E-state index in [0.717, 1.165) is 0 Å². The van der Waals surface area contributed by atoms with Gasteiger partial charge in [0.2, 0.25) is 57.5 Å². The lowest BCUT2D eigenvalue weighted by atomic mass is 9.80. The van der Waals surface area contributed by atoms with Gasteiger partial charge in [-0.2, -0.15) is 0 Å². The molecule has 10 aromatic carbocycles. The van der Waals surface area contributed by atoms with E-state index in [0.29, 0.717) is 0 Å². The number of aromatic hydroxyl groups is 28.